The van der Waals surface area contributed by atoms with Gasteiger partial charge in [0.25, 0.3) is 0 Å². The number of benzene rings is 1. The van der Waals surface area contributed by atoms with Gasteiger partial charge in [0, 0.05) is 12.5 Å². The zero-order chi connectivity index (χ0) is 13.1. The normalized spacial score (nSPS) is 10.4. The molecule has 5 heteroatoms. The fourth-order valence-electron chi connectivity index (χ4n) is 1.79. The molecule has 1 heterocycles. The van der Waals surface area contributed by atoms with Gasteiger partial charge in [0.1, 0.15) is 5.69 Å². The van der Waals surface area contributed by atoms with E-state index >= 15 is 0 Å². The monoisotopic (exact) mass is 263 g/mol. The molecule has 0 unspecified atom stereocenters. The highest BCUT2D eigenvalue weighted by atomic mass is 35.5. The largest absolute Gasteiger partial charge is 0.323 e. The van der Waals surface area contributed by atoms with Crippen molar-refractivity contribution in [2.75, 3.05) is 5.32 Å². The summed E-state index contributed by atoms with van der Waals surface area (Å²) < 4.78 is 0. The van der Waals surface area contributed by atoms with Crippen molar-refractivity contribution in [1.82, 2.24) is 10.2 Å². The lowest BCUT2D eigenvalue weighted by Crippen LogP contribution is -2.07. The van der Waals surface area contributed by atoms with E-state index in [0.29, 0.717) is 16.4 Å². The summed E-state index contributed by atoms with van der Waals surface area (Å²) in [6.45, 7) is 3.47. The molecule has 1 aromatic carbocycles. The van der Waals surface area contributed by atoms with Gasteiger partial charge in [-0.05, 0) is 12.5 Å². The van der Waals surface area contributed by atoms with E-state index in [0.717, 1.165) is 17.7 Å². The van der Waals surface area contributed by atoms with Crippen LogP contribution in [0.15, 0.2) is 24.3 Å². The molecule has 0 aliphatic heterocycles. The topological polar surface area (TPSA) is 57.8 Å². The molecule has 0 aliphatic carbocycles. The maximum Gasteiger partial charge on any atom is 0.221 e. The van der Waals surface area contributed by atoms with Crippen molar-refractivity contribution in [2.24, 2.45) is 0 Å². The molecule has 2 rings (SSSR count). The predicted octanol–water partition coefficient (Wildman–Crippen LogP) is 3.25. The Morgan fingerprint density at radius 2 is 2.17 bits per heavy atom. The van der Waals surface area contributed by atoms with Gasteiger partial charge in [-0.1, -0.05) is 36.7 Å². The molecule has 4 nitrogen and oxygen atoms in total. The van der Waals surface area contributed by atoms with Gasteiger partial charge in [0.15, 0.2) is 0 Å². The first-order valence-corrected chi connectivity index (χ1v) is 6.11. The number of carbonyl (C=O) groups is 1. The van der Waals surface area contributed by atoms with Crippen LogP contribution in [0.2, 0.25) is 5.02 Å². The first-order chi connectivity index (χ1) is 8.63. The zero-order valence-corrected chi connectivity index (χ0v) is 11.0. The number of nitrogens with one attached hydrogen (secondary N) is 2. The Hall–Kier alpha value is -1.81. The number of halogens is 1. The highest BCUT2D eigenvalue weighted by molar-refractivity contribution is 6.33. The smallest absolute Gasteiger partial charge is 0.221 e. The number of H-pyrrole nitrogens is 1. The van der Waals surface area contributed by atoms with E-state index in [-0.39, 0.29) is 5.91 Å². The SMILES string of the molecule is CCc1[nH]nc(-c2ccccc2Cl)c1NC(C)=O. The molecule has 94 valence electrons. The molecule has 0 saturated heterocycles. The van der Waals surface area contributed by atoms with E-state index < -0.39 is 0 Å². The van der Waals surface area contributed by atoms with Crippen LogP contribution in [0.1, 0.15) is 19.5 Å². The predicted molar refractivity (Wildman–Crippen MR) is 72.7 cm³/mol. The number of amides is 1. The molecule has 0 spiro atoms. The van der Waals surface area contributed by atoms with E-state index in [1.165, 1.54) is 6.92 Å². The van der Waals surface area contributed by atoms with Gasteiger partial charge in [-0.3, -0.25) is 9.89 Å². The highest BCUT2D eigenvalue weighted by Crippen LogP contribution is 2.33. The number of hydrogen-bond donors (Lipinski definition) is 2. The summed E-state index contributed by atoms with van der Waals surface area (Å²) in [5.74, 6) is -0.126. The van der Waals surface area contributed by atoms with E-state index in [4.69, 9.17) is 11.6 Å². The van der Waals surface area contributed by atoms with Crippen LogP contribution in [0.4, 0.5) is 5.69 Å². The van der Waals surface area contributed by atoms with E-state index in [9.17, 15) is 4.79 Å². The average Bonchev–Trinajstić information content (AvgIpc) is 2.72. The number of rotatable bonds is 3. The molecule has 2 N–H and O–H groups in total. The summed E-state index contributed by atoms with van der Waals surface area (Å²) >= 11 is 6.15. The van der Waals surface area contributed by atoms with Crippen molar-refractivity contribution in [1.29, 1.82) is 0 Å². The van der Waals surface area contributed by atoms with Crippen molar-refractivity contribution < 1.29 is 4.79 Å². The van der Waals surface area contributed by atoms with E-state index in [1.807, 2.05) is 25.1 Å². The van der Waals surface area contributed by atoms with Gasteiger partial charge >= 0.3 is 0 Å². The Morgan fingerprint density at radius 3 is 2.78 bits per heavy atom. The second kappa shape index (κ2) is 5.23. The van der Waals surface area contributed by atoms with Gasteiger partial charge in [-0.2, -0.15) is 5.10 Å². The Kier molecular flexibility index (Phi) is 3.67. The van der Waals surface area contributed by atoms with Gasteiger partial charge in [-0.25, -0.2) is 0 Å². The van der Waals surface area contributed by atoms with Crippen LogP contribution >= 0.6 is 11.6 Å². The Balaban J connectivity index is 2.54. The summed E-state index contributed by atoms with van der Waals surface area (Å²) in [4.78, 5) is 11.3. The molecule has 18 heavy (non-hydrogen) atoms. The van der Waals surface area contributed by atoms with E-state index in [1.54, 1.807) is 6.07 Å². The fourth-order valence-corrected chi connectivity index (χ4v) is 2.02. The fraction of sp³-hybridized carbons (Fsp3) is 0.231. The van der Waals surface area contributed by atoms with Crippen LogP contribution in [0.5, 0.6) is 0 Å². The third-order valence-electron chi connectivity index (χ3n) is 2.62. The molecular weight excluding hydrogens is 250 g/mol. The molecule has 0 bridgehead atoms. The average molecular weight is 264 g/mol. The van der Waals surface area contributed by atoms with Crippen molar-refractivity contribution in [3.8, 4) is 11.3 Å². The van der Waals surface area contributed by atoms with Crippen LogP contribution in [0, 0.1) is 0 Å². The minimum absolute atomic E-state index is 0.126. The van der Waals surface area contributed by atoms with Crippen LogP contribution in [0.3, 0.4) is 0 Å². The van der Waals surface area contributed by atoms with Crippen molar-refractivity contribution >= 4 is 23.2 Å². The molecule has 0 atom stereocenters. The molecule has 2 aromatic rings. The molecular formula is C13H14ClN3O. The number of anilines is 1. The van der Waals surface area contributed by atoms with Crippen molar-refractivity contribution in [2.45, 2.75) is 20.3 Å². The summed E-state index contributed by atoms with van der Waals surface area (Å²) in [6, 6.07) is 7.42. The van der Waals surface area contributed by atoms with E-state index in [2.05, 4.69) is 15.5 Å². The lowest BCUT2D eigenvalue weighted by molar-refractivity contribution is -0.114. The van der Waals surface area contributed by atoms with Gasteiger partial charge in [0.05, 0.1) is 16.4 Å². The first kappa shape index (κ1) is 12.6. The minimum atomic E-state index is -0.126. The lowest BCUT2D eigenvalue weighted by atomic mass is 10.1. The Labute approximate surface area is 110 Å². The molecule has 0 saturated carbocycles. The van der Waals surface area contributed by atoms with Crippen LogP contribution in [-0.2, 0) is 11.2 Å². The maximum absolute atomic E-state index is 11.3. The van der Waals surface area contributed by atoms with Crippen LogP contribution in [-0.4, -0.2) is 16.1 Å². The third-order valence-corrected chi connectivity index (χ3v) is 2.95. The molecule has 0 fully saturated rings. The Morgan fingerprint density at radius 1 is 1.44 bits per heavy atom. The molecule has 1 amide bonds. The summed E-state index contributed by atoms with van der Waals surface area (Å²) in [5.41, 5.74) is 3.07. The highest BCUT2D eigenvalue weighted by Gasteiger charge is 2.16. The second-order valence-electron chi connectivity index (χ2n) is 3.94. The summed E-state index contributed by atoms with van der Waals surface area (Å²) in [5, 5.41) is 10.6. The number of hydrogen-bond acceptors (Lipinski definition) is 2. The maximum atomic E-state index is 11.3. The quantitative estimate of drug-likeness (QED) is 0.893. The Bertz CT molecular complexity index is 577. The number of aromatic nitrogens is 2. The number of aromatic amines is 1. The second-order valence-corrected chi connectivity index (χ2v) is 4.35. The zero-order valence-electron chi connectivity index (χ0n) is 10.2. The van der Waals surface area contributed by atoms with Crippen LogP contribution < -0.4 is 5.32 Å². The van der Waals surface area contributed by atoms with Crippen molar-refractivity contribution in [3.05, 3.63) is 35.0 Å². The molecule has 0 radical (unpaired) electrons. The standard InChI is InChI=1S/C13H14ClN3O/c1-3-11-13(15-8(2)18)12(17-16-11)9-6-4-5-7-10(9)14/h4-7H,3H2,1-2H3,(H,15,18)(H,16,17). The number of nitrogens with zero attached hydrogens (tertiary/aromatic N) is 1. The molecule has 0 aliphatic rings. The van der Waals surface area contributed by atoms with Gasteiger partial charge < -0.3 is 5.32 Å². The summed E-state index contributed by atoms with van der Waals surface area (Å²) in [6.07, 6.45) is 0.757. The van der Waals surface area contributed by atoms with Crippen molar-refractivity contribution in [3.63, 3.8) is 0 Å². The number of carbonyl (C=O) groups excluding carboxylic acids is 1. The lowest BCUT2D eigenvalue weighted by Gasteiger charge is -2.06. The third kappa shape index (κ3) is 2.38. The minimum Gasteiger partial charge on any atom is -0.323 e. The molecule has 1 aromatic heterocycles. The van der Waals surface area contributed by atoms with Gasteiger partial charge in [-0.15, -0.1) is 0 Å². The number of aryl methyl sites for hydroxylation is 1. The van der Waals surface area contributed by atoms with Gasteiger partial charge in [0.2, 0.25) is 5.91 Å². The summed E-state index contributed by atoms with van der Waals surface area (Å²) in [7, 11) is 0. The first-order valence-electron chi connectivity index (χ1n) is 5.73. The van der Waals surface area contributed by atoms with Crippen LogP contribution in [0.25, 0.3) is 11.3 Å².